The molecule has 0 atom stereocenters. The first-order chi connectivity index (χ1) is 17.5. The maximum Gasteiger partial charge on any atom is 0.330 e. The quantitative estimate of drug-likeness (QED) is 0.267. The number of rotatable bonds is 10. The second-order valence-corrected chi connectivity index (χ2v) is 7.60. The summed E-state index contributed by atoms with van der Waals surface area (Å²) in [5.74, 6) is -0.836. The van der Waals surface area contributed by atoms with E-state index in [-0.39, 0.29) is 0 Å². The van der Waals surface area contributed by atoms with Gasteiger partial charge in [-0.15, -0.1) is 0 Å². The Kier molecular flexibility index (Phi) is 9.82. The van der Waals surface area contributed by atoms with Crippen LogP contribution in [0.3, 0.4) is 0 Å². The van der Waals surface area contributed by atoms with Crippen molar-refractivity contribution in [1.29, 1.82) is 0 Å². The molecule has 0 aliphatic heterocycles. The third-order valence-corrected chi connectivity index (χ3v) is 4.88. The van der Waals surface area contributed by atoms with Gasteiger partial charge in [-0.25, -0.2) is 14.6 Å². The van der Waals surface area contributed by atoms with Crippen LogP contribution in [0.4, 0.5) is 0 Å². The molecule has 36 heavy (non-hydrogen) atoms. The smallest absolute Gasteiger partial charge is 0.330 e. The van der Waals surface area contributed by atoms with Crippen molar-refractivity contribution < 1.29 is 19.1 Å². The van der Waals surface area contributed by atoms with Gasteiger partial charge in [0.1, 0.15) is 0 Å². The summed E-state index contributed by atoms with van der Waals surface area (Å²) in [7, 11) is 0. The van der Waals surface area contributed by atoms with E-state index < -0.39 is 11.9 Å². The summed E-state index contributed by atoms with van der Waals surface area (Å²) in [6.45, 7) is 6.21. The SMILES string of the molecule is CC/C=C/c1ccnc(-c2cc(/C=C/C(=O)OCC)cc(-c3cc(/C=C/C(=O)OCC)ccn3)n2)c1. The number of esters is 2. The zero-order chi connectivity index (χ0) is 25.8. The molecule has 0 aliphatic carbocycles. The number of carbonyl (C=O) groups is 2. The van der Waals surface area contributed by atoms with E-state index in [0.29, 0.717) is 36.0 Å². The van der Waals surface area contributed by atoms with Gasteiger partial charge in [-0.1, -0.05) is 19.1 Å². The summed E-state index contributed by atoms with van der Waals surface area (Å²) in [5.41, 5.74) is 5.06. The molecule has 0 fully saturated rings. The molecular weight excluding hydrogens is 454 g/mol. The minimum absolute atomic E-state index is 0.300. The normalized spacial score (nSPS) is 11.4. The van der Waals surface area contributed by atoms with Crippen LogP contribution in [0.2, 0.25) is 0 Å². The lowest BCUT2D eigenvalue weighted by molar-refractivity contribution is -0.138. The van der Waals surface area contributed by atoms with Gasteiger partial charge in [0, 0.05) is 24.5 Å². The monoisotopic (exact) mass is 483 g/mol. The van der Waals surface area contributed by atoms with Crippen molar-refractivity contribution in [3.8, 4) is 22.8 Å². The summed E-state index contributed by atoms with van der Waals surface area (Å²) >= 11 is 0. The van der Waals surface area contributed by atoms with Crippen molar-refractivity contribution in [2.75, 3.05) is 13.2 Å². The van der Waals surface area contributed by atoms with E-state index in [1.54, 1.807) is 44.5 Å². The van der Waals surface area contributed by atoms with E-state index in [9.17, 15) is 9.59 Å². The lowest BCUT2D eigenvalue weighted by Gasteiger charge is -2.08. The van der Waals surface area contributed by atoms with Gasteiger partial charge in [0.15, 0.2) is 0 Å². The number of carbonyl (C=O) groups excluding carboxylic acids is 2. The highest BCUT2D eigenvalue weighted by Gasteiger charge is 2.10. The molecule has 184 valence electrons. The summed E-state index contributed by atoms with van der Waals surface area (Å²) in [6.07, 6.45) is 14.5. The highest BCUT2D eigenvalue weighted by atomic mass is 16.5. The predicted molar refractivity (Wildman–Crippen MR) is 141 cm³/mol. The Balaban J connectivity index is 2.05. The number of allylic oxidation sites excluding steroid dienone is 1. The van der Waals surface area contributed by atoms with Crippen LogP contribution in [0.25, 0.3) is 41.0 Å². The minimum Gasteiger partial charge on any atom is -0.463 e. The molecule has 0 bridgehead atoms. The number of nitrogens with zero attached hydrogens (tertiary/aromatic N) is 3. The van der Waals surface area contributed by atoms with Crippen LogP contribution >= 0.6 is 0 Å². The Hall–Kier alpha value is -4.39. The van der Waals surface area contributed by atoms with Crippen molar-refractivity contribution >= 4 is 30.2 Å². The van der Waals surface area contributed by atoms with Crippen molar-refractivity contribution in [2.45, 2.75) is 27.2 Å². The number of pyridine rings is 3. The van der Waals surface area contributed by atoms with E-state index >= 15 is 0 Å². The molecule has 3 aromatic rings. The largest absolute Gasteiger partial charge is 0.463 e. The number of aromatic nitrogens is 3. The second kappa shape index (κ2) is 13.5. The van der Waals surface area contributed by atoms with Crippen LogP contribution in [0, 0.1) is 0 Å². The van der Waals surface area contributed by atoms with Crippen LogP contribution in [0.15, 0.2) is 67.0 Å². The lowest BCUT2D eigenvalue weighted by Crippen LogP contribution is -1.99. The molecule has 7 heteroatoms. The Labute approximate surface area is 211 Å². The van der Waals surface area contributed by atoms with Gasteiger partial charge < -0.3 is 9.47 Å². The fourth-order valence-corrected chi connectivity index (χ4v) is 3.25. The van der Waals surface area contributed by atoms with E-state index in [0.717, 1.165) is 23.1 Å². The van der Waals surface area contributed by atoms with Gasteiger partial charge in [-0.2, -0.15) is 0 Å². The van der Waals surface area contributed by atoms with Gasteiger partial charge in [0.2, 0.25) is 0 Å². The first-order valence-electron chi connectivity index (χ1n) is 11.8. The van der Waals surface area contributed by atoms with Gasteiger partial charge in [-0.05, 0) is 85.5 Å². The van der Waals surface area contributed by atoms with Crippen LogP contribution < -0.4 is 0 Å². The molecule has 0 unspecified atom stereocenters. The first kappa shape index (κ1) is 26.2. The highest BCUT2D eigenvalue weighted by molar-refractivity contribution is 5.88. The summed E-state index contributed by atoms with van der Waals surface area (Å²) in [6, 6.07) is 11.2. The Morgan fingerprint density at radius 1 is 0.694 bits per heavy atom. The van der Waals surface area contributed by atoms with Crippen molar-refractivity contribution in [1.82, 2.24) is 15.0 Å². The van der Waals surface area contributed by atoms with Gasteiger partial charge in [0.05, 0.1) is 36.0 Å². The summed E-state index contributed by atoms with van der Waals surface area (Å²) in [4.78, 5) is 37.4. The molecule has 0 amide bonds. The highest BCUT2D eigenvalue weighted by Crippen LogP contribution is 2.25. The molecule has 3 aromatic heterocycles. The molecule has 0 spiro atoms. The molecule has 0 radical (unpaired) electrons. The molecular formula is C29H29N3O4. The predicted octanol–water partition coefficient (Wildman–Crippen LogP) is 5.78. The van der Waals surface area contributed by atoms with Gasteiger partial charge in [0.25, 0.3) is 0 Å². The second-order valence-electron chi connectivity index (χ2n) is 7.60. The average molecular weight is 484 g/mol. The van der Waals surface area contributed by atoms with E-state index in [1.807, 2.05) is 36.4 Å². The molecule has 0 aromatic carbocycles. The van der Waals surface area contributed by atoms with Crippen molar-refractivity contribution in [3.63, 3.8) is 0 Å². The Morgan fingerprint density at radius 3 is 1.67 bits per heavy atom. The number of hydrogen-bond donors (Lipinski definition) is 0. The molecule has 0 aliphatic rings. The molecule has 0 saturated heterocycles. The van der Waals surface area contributed by atoms with Crippen molar-refractivity contribution in [2.24, 2.45) is 0 Å². The summed E-state index contributed by atoms with van der Waals surface area (Å²) < 4.78 is 9.95. The van der Waals surface area contributed by atoms with Crippen LogP contribution in [0.1, 0.15) is 43.9 Å². The van der Waals surface area contributed by atoms with E-state index in [4.69, 9.17) is 14.5 Å². The number of ether oxygens (including phenoxy) is 2. The number of hydrogen-bond acceptors (Lipinski definition) is 7. The lowest BCUT2D eigenvalue weighted by atomic mass is 10.1. The Morgan fingerprint density at radius 2 is 1.17 bits per heavy atom. The fourth-order valence-electron chi connectivity index (χ4n) is 3.25. The first-order valence-corrected chi connectivity index (χ1v) is 11.8. The fraction of sp³-hybridized carbons (Fsp3) is 0.207. The van der Waals surface area contributed by atoms with Gasteiger partial charge in [-0.3, -0.25) is 9.97 Å². The minimum atomic E-state index is -0.425. The van der Waals surface area contributed by atoms with Crippen LogP contribution in [0.5, 0.6) is 0 Å². The molecule has 3 rings (SSSR count). The average Bonchev–Trinajstić information content (AvgIpc) is 2.90. The maximum atomic E-state index is 11.9. The third kappa shape index (κ3) is 7.84. The molecule has 0 saturated carbocycles. The zero-order valence-corrected chi connectivity index (χ0v) is 20.7. The molecule has 0 N–H and O–H groups in total. The van der Waals surface area contributed by atoms with Gasteiger partial charge >= 0.3 is 11.9 Å². The topological polar surface area (TPSA) is 91.3 Å². The molecule has 7 nitrogen and oxygen atoms in total. The summed E-state index contributed by atoms with van der Waals surface area (Å²) in [5, 5.41) is 0. The maximum absolute atomic E-state index is 11.9. The molecule has 3 heterocycles. The standard InChI is InChI=1S/C29H29N3O4/c1-4-7-8-21-13-15-30-24(17-21)26-19-23(10-12-29(34)36-6-3)20-27(32-26)25-18-22(14-16-31-25)9-11-28(33)35-5-2/h7-20H,4-6H2,1-3H3/b8-7+,11-9+,12-10+. The Bertz CT molecular complexity index is 1300. The van der Waals surface area contributed by atoms with Crippen LogP contribution in [-0.4, -0.2) is 40.1 Å². The van der Waals surface area contributed by atoms with Crippen molar-refractivity contribution in [3.05, 3.63) is 83.7 Å². The van der Waals surface area contributed by atoms with Crippen LogP contribution in [-0.2, 0) is 19.1 Å². The van der Waals surface area contributed by atoms with E-state index in [1.165, 1.54) is 12.2 Å². The van der Waals surface area contributed by atoms with E-state index in [2.05, 4.69) is 23.0 Å². The zero-order valence-electron chi connectivity index (χ0n) is 20.7. The third-order valence-electron chi connectivity index (χ3n) is 4.88.